The summed E-state index contributed by atoms with van der Waals surface area (Å²) in [6.45, 7) is 4.66. The molecule has 3 aromatic rings. The van der Waals surface area contributed by atoms with E-state index in [1.165, 1.54) is 12.1 Å². The number of benzene rings is 2. The number of nitrogens with zero attached hydrogens (tertiary/aromatic N) is 1. The normalized spacial score (nSPS) is 12.9. The molecule has 2 aromatic carbocycles. The molecule has 0 saturated carbocycles. The molecule has 26 heavy (non-hydrogen) atoms. The van der Waals surface area contributed by atoms with Crippen molar-refractivity contribution in [3.05, 3.63) is 65.9 Å². The molecule has 136 valence electrons. The Kier molecular flexibility index (Phi) is 4.84. The number of amides is 1. The monoisotopic (exact) mass is 371 g/mol. The van der Waals surface area contributed by atoms with Crippen molar-refractivity contribution in [2.45, 2.75) is 31.3 Å². The molecule has 0 aliphatic heterocycles. The van der Waals surface area contributed by atoms with Gasteiger partial charge < -0.3 is 9.88 Å². The van der Waals surface area contributed by atoms with Gasteiger partial charge in [-0.3, -0.25) is 4.79 Å². The maximum atomic E-state index is 12.8. The average Bonchev–Trinajstić information content (AvgIpc) is 3.00. The Balaban J connectivity index is 1.84. The largest absolute Gasteiger partial charge is 0.347 e. The fourth-order valence-electron chi connectivity index (χ4n) is 2.99. The summed E-state index contributed by atoms with van der Waals surface area (Å²) < 4.78 is 24.7. The van der Waals surface area contributed by atoms with E-state index in [0.29, 0.717) is 5.56 Å². The number of hydrogen-bond acceptors (Lipinski definition) is 3. The highest BCUT2D eigenvalue weighted by atomic mass is 32.2. The maximum absolute atomic E-state index is 12.8. The summed E-state index contributed by atoms with van der Waals surface area (Å²) in [6.07, 6.45) is 1.86. The van der Waals surface area contributed by atoms with Crippen LogP contribution in [0.5, 0.6) is 0 Å². The van der Waals surface area contributed by atoms with Crippen LogP contribution in [0.1, 0.15) is 35.8 Å². The lowest BCUT2D eigenvalue weighted by molar-refractivity contribution is 0.0941. The first-order chi connectivity index (χ1) is 12.3. The number of rotatable bonds is 5. The number of para-hydroxylation sites is 1. The molecule has 0 radical (unpaired) electrons. The number of aryl methyl sites for hydroxylation is 1. The van der Waals surface area contributed by atoms with Gasteiger partial charge in [-0.05, 0) is 37.6 Å². The molecule has 0 fully saturated rings. The number of hydrogen-bond donors (Lipinski definition) is 2. The van der Waals surface area contributed by atoms with Crippen LogP contribution in [0, 0.1) is 0 Å². The van der Waals surface area contributed by atoms with E-state index in [9.17, 15) is 13.2 Å². The second kappa shape index (κ2) is 6.93. The predicted octanol–water partition coefficient (Wildman–Crippen LogP) is 2.80. The van der Waals surface area contributed by atoms with Crippen LogP contribution in [0.15, 0.2) is 59.6 Å². The van der Waals surface area contributed by atoms with Gasteiger partial charge in [-0.15, -0.1) is 0 Å². The summed E-state index contributed by atoms with van der Waals surface area (Å²) >= 11 is 0. The third-order valence-corrected chi connectivity index (χ3v) is 5.36. The van der Waals surface area contributed by atoms with Gasteiger partial charge in [-0.2, -0.15) is 0 Å². The van der Waals surface area contributed by atoms with E-state index >= 15 is 0 Å². The highest BCUT2D eigenvalue weighted by Gasteiger charge is 2.17. The van der Waals surface area contributed by atoms with E-state index in [1.807, 2.05) is 48.9 Å². The van der Waals surface area contributed by atoms with E-state index in [4.69, 9.17) is 5.14 Å². The molecule has 0 aliphatic rings. The first-order valence-corrected chi connectivity index (χ1v) is 9.87. The van der Waals surface area contributed by atoms with Crippen molar-refractivity contribution >= 4 is 26.8 Å². The fraction of sp³-hybridized carbons (Fsp3) is 0.211. The van der Waals surface area contributed by atoms with Crippen LogP contribution in [0.2, 0.25) is 0 Å². The van der Waals surface area contributed by atoms with Crippen molar-refractivity contribution in [3.63, 3.8) is 0 Å². The van der Waals surface area contributed by atoms with E-state index in [2.05, 4.69) is 5.32 Å². The van der Waals surface area contributed by atoms with Crippen LogP contribution in [0.4, 0.5) is 0 Å². The van der Waals surface area contributed by atoms with Gasteiger partial charge in [-0.25, -0.2) is 13.6 Å². The number of carbonyl (C=O) groups excluding carboxylic acids is 1. The first kappa shape index (κ1) is 18.2. The molecule has 1 heterocycles. The van der Waals surface area contributed by atoms with Gasteiger partial charge in [0.1, 0.15) is 0 Å². The van der Waals surface area contributed by atoms with Gasteiger partial charge >= 0.3 is 0 Å². The zero-order chi connectivity index (χ0) is 18.9. The highest BCUT2D eigenvalue weighted by molar-refractivity contribution is 7.89. The molecule has 0 aliphatic carbocycles. The van der Waals surface area contributed by atoms with Gasteiger partial charge in [0.25, 0.3) is 5.91 Å². The van der Waals surface area contributed by atoms with Crippen molar-refractivity contribution in [1.82, 2.24) is 9.88 Å². The molecule has 0 unspecified atom stereocenters. The summed E-state index contributed by atoms with van der Waals surface area (Å²) in [5.74, 6) is -0.170. The summed E-state index contributed by atoms with van der Waals surface area (Å²) in [7, 11) is -3.73. The highest BCUT2D eigenvalue weighted by Crippen LogP contribution is 2.23. The van der Waals surface area contributed by atoms with Gasteiger partial charge in [0.2, 0.25) is 10.0 Å². The zero-order valence-electron chi connectivity index (χ0n) is 14.6. The maximum Gasteiger partial charge on any atom is 0.253 e. The van der Waals surface area contributed by atoms with E-state index in [0.717, 1.165) is 23.0 Å². The molecule has 6 nitrogen and oxygen atoms in total. The quantitative estimate of drug-likeness (QED) is 0.722. The second-order valence-electron chi connectivity index (χ2n) is 6.16. The summed E-state index contributed by atoms with van der Waals surface area (Å²) in [5.41, 5.74) is 2.44. The third-order valence-electron chi connectivity index (χ3n) is 4.43. The summed E-state index contributed by atoms with van der Waals surface area (Å²) in [5, 5.41) is 8.98. The Morgan fingerprint density at radius 2 is 1.81 bits per heavy atom. The van der Waals surface area contributed by atoms with Gasteiger partial charge in [0.15, 0.2) is 0 Å². The molecule has 1 atom stereocenters. The Labute approximate surface area is 152 Å². The van der Waals surface area contributed by atoms with Gasteiger partial charge in [-0.1, -0.05) is 30.3 Å². The lowest BCUT2D eigenvalue weighted by atomic mass is 10.1. The van der Waals surface area contributed by atoms with Crippen molar-refractivity contribution in [2.24, 2.45) is 5.14 Å². The number of carbonyl (C=O) groups is 1. The lowest BCUT2D eigenvalue weighted by Gasteiger charge is -2.14. The molecule has 3 N–H and O–H groups in total. The Morgan fingerprint density at radius 1 is 1.15 bits per heavy atom. The van der Waals surface area contributed by atoms with Crippen molar-refractivity contribution < 1.29 is 13.2 Å². The van der Waals surface area contributed by atoms with Crippen LogP contribution in [0.25, 0.3) is 10.9 Å². The Bertz CT molecular complexity index is 1050. The molecular formula is C19H21N3O3S. The van der Waals surface area contributed by atoms with Crippen LogP contribution in [-0.2, 0) is 16.6 Å². The van der Waals surface area contributed by atoms with E-state index in [1.54, 1.807) is 12.1 Å². The van der Waals surface area contributed by atoms with E-state index < -0.39 is 10.0 Å². The van der Waals surface area contributed by atoms with Crippen molar-refractivity contribution in [1.29, 1.82) is 0 Å². The number of nitrogens with two attached hydrogens (primary N) is 1. The molecule has 0 bridgehead atoms. The van der Waals surface area contributed by atoms with Crippen LogP contribution >= 0.6 is 0 Å². The number of aromatic nitrogens is 1. The number of primary sulfonamides is 1. The molecule has 1 amide bonds. The van der Waals surface area contributed by atoms with Crippen molar-refractivity contribution in [3.8, 4) is 0 Å². The Hall–Kier alpha value is -2.64. The zero-order valence-corrected chi connectivity index (χ0v) is 15.5. The first-order valence-electron chi connectivity index (χ1n) is 8.32. The average molecular weight is 371 g/mol. The lowest BCUT2D eigenvalue weighted by Crippen LogP contribution is -2.26. The topological polar surface area (TPSA) is 94.2 Å². The van der Waals surface area contributed by atoms with Gasteiger partial charge in [0, 0.05) is 23.6 Å². The van der Waals surface area contributed by atoms with Crippen molar-refractivity contribution in [2.75, 3.05) is 0 Å². The number of nitrogens with one attached hydrogen (secondary N) is 1. The SMILES string of the molecule is CCn1cc(C(=O)N[C@@H](C)c2ccc(S(N)(=O)=O)cc2)c2ccccc21. The third kappa shape index (κ3) is 3.49. The second-order valence-corrected chi connectivity index (χ2v) is 7.72. The minimum absolute atomic E-state index is 0.0470. The van der Waals surface area contributed by atoms with Gasteiger partial charge in [0.05, 0.1) is 16.5 Å². The Morgan fingerprint density at radius 3 is 2.42 bits per heavy atom. The molecule has 3 rings (SSSR count). The fourth-order valence-corrected chi connectivity index (χ4v) is 3.51. The van der Waals surface area contributed by atoms with Crippen LogP contribution in [0.3, 0.4) is 0 Å². The van der Waals surface area contributed by atoms with Crippen LogP contribution < -0.4 is 10.5 Å². The minimum Gasteiger partial charge on any atom is -0.347 e. The molecule has 0 spiro atoms. The standard InChI is InChI=1S/C19H21N3O3S/c1-3-22-12-17(16-6-4-5-7-18(16)22)19(23)21-13(2)14-8-10-15(11-9-14)26(20,24)25/h4-13H,3H2,1-2H3,(H,21,23)(H2,20,24,25)/t13-/m0/s1. The molecular weight excluding hydrogens is 350 g/mol. The summed E-state index contributed by atoms with van der Waals surface area (Å²) in [6, 6.07) is 13.7. The minimum atomic E-state index is -3.73. The molecule has 1 aromatic heterocycles. The van der Waals surface area contributed by atoms with E-state index in [-0.39, 0.29) is 16.8 Å². The number of sulfonamides is 1. The van der Waals surface area contributed by atoms with Crippen LogP contribution in [-0.4, -0.2) is 18.9 Å². The summed E-state index contributed by atoms with van der Waals surface area (Å²) in [4.78, 5) is 12.8. The smallest absolute Gasteiger partial charge is 0.253 e. The number of fused-ring (bicyclic) bond motifs is 1. The predicted molar refractivity (Wildman–Crippen MR) is 101 cm³/mol. The molecule has 0 saturated heterocycles. The molecule has 7 heteroatoms.